The SMILES string of the molecule is Cn1cc(Cl)c2ccc(Cl)cc21. The van der Waals surface area contributed by atoms with Gasteiger partial charge in [0.25, 0.3) is 0 Å². The minimum Gasteiger partial charge on any atom is -0.349 e. The molecule has 0 aliphatic rings. The van der Waals surface area contributed by atoms with Gasteiger partial charge < -0.3 is 4.57 Å². The number of aromatic nitrogens is 1. The van der Waals surface area contributed by atoms with Gasteiger partial charge in [0.1, 0.15) is 0 Å². The highest BCUT2D eigenvalue weighted by Crippen LogP contribution is 2.27. The van der Waals surface area contributed by atoms with Crippen LogP contribution >= 0.6 is 23.2 Å². The lowest BCUT2D eigenvalue weighted by molar-refractivity contribution is 0.969. The molecule has 2 aromatic rings. The predicted molar refractivity (Wildman–Crippen MR) is 52.9 cm³/mol. The van der Waals surface area contributed by atoms with Crippen LogP contribution in [0.2, 0.25) is 10.0 Å². The van der Waals surface area contributed by atoms with Gasteiger partial charge in [0, 0.05) is 23.7 Å². The van der Waals surface area contributed by atoms with E-state index in [1.165, 1.54) is 0 Å². The van der Waals surface area contributed by atoms with Gasteiger partial charge in [0.05, 0.1) is 10.5 Å². The lowest BCUT2D eigenvalue weighted by atomic mass is 10.2. The van der Waals surface area contributed by atoms with Crippen molar-refractivity contribution in [1.29, 1.82) is 0 Å². The highest BCUT2D eigenvalue weighted by molar-refractivity contribution is 6.36. The third-order valence-corrected chi connectivity index (χ3v) is 2.44. The molecule has 0 unspecified atom stereocenters. The van der Waals surface area contributed by atoms with Gasteiger partial charge in [-0.2, -0.15) is 0 Å². The Labute approximate surface area is 80.5 Å². The quantitative estimate of drug-likeness (QED) is 0.613. The van der Waals surface area contributed by atoms with Crippen LogP contribution in [0.3, 0.4) is 0 Å². The van der Waals surface area contributed by atoms with Gasteiger partial charge >= 0.3 is 0 Å². The average molecular weight is 200 g/mol. The van der Waals surface area contributed by atoms with Crippen LogP contribution in [0.15, 0.2) is 24.4 Å². The normalized spacial score (nSPS) is 10.9. The van der Waals surface area contributed by atoms with Crippen LogP contribution in [-0.4, -0.2) is 4.57 Å². The molecule has 0 aliphatic carbocycles. The second-order valence-electron chi connectivity index (χ2n) is 2.75. The Bertz CT molecular complexity index is 431. The molecule has 62 valence electrons. The van der Waals surface area contributed by atoms with Crippen molar-refractivity contribution >= 4 is 34.1 Å². The van der Waals surface area contributed by atoms with Crippen molar-refractivity contribution in [3.63, 3.8) is 0 Å². The van der Waals surface area contributed by atoms with E-state index in [2.05, 4.69) is 0 Å². The Hall–Kier alpha value is -0.660. The molecule has 1 heterocycles. The van der Waals surface area contributed by atoms with E-state index in [1.54, 1.807) is 0 Å². The highest BCUT2D eigenvalue weighted by atomic mass is 35.5. The Morgan fingerprint density at radius 3 is 2.75 bits per heavy atom. The monoisotopic (exact) mass is 199 g/mol. The molecule has 0 saturated heterocycles. The molecule has 0 aliphatic heterocycles. The summed E-state index contributed by atoms with van der Waals surface area (Å²) in [4.78, 5) is 0. The molecule has 12 heavy (non-hydrogen) atoms. The zero-order valence-corrected chi connectivity index (χ0v) is 8.02. The summed E-state index contributed by atoms with van der Waals surface area (Å²) < 4.78 is 1.96. The van der Waals surface area contributed by atoms with Crippen LogP contribution in [0.25, 0.3) is 10.9 Å². The van der Waals surface area contributed by atoms with E-state index in [-0.39, 0.29) is 0 Å². The van der Waals surface area contributed by atoms with E-state index in [4.69, 9.17) is 23.2 Å². The maximum absolute atomic E-state index is 5.97. The van der Waals surface area contributed by atoms with E-state index in [0.717, 1.165) is 20.9 Å². The second kappa shape index (κ2) is 2.68. The smallest absolute Gasteiger partial charge is 0.0661 e. The highest BCUT2D eigenvalue weighted by Gasteiger charge is 2.03. The predicted octanol–water partition coefficient (Wildman–Crippen LogP) is 3.49. The zero-order valence-electron chi connectivity index (χ0n) is 6.51. The molecular weight excluding hydrogens is 193 g/mol. The van der Waals surface area contributed by atoms with E-state index in [1.807, 2.05) is 36.0 Å². The number of rotatable bonds is 0. The first kappa shape index (κ1) is 7.96. The maximum atomic E-state index is 5.97. The summed E-state index contributed by atoms with van der Waals surface area (Å²) in [6, 6.07) is 5.68. The topological polar surface area (TPSA) is 4.93 Å². The summed E-state index contributed by atoms with van der Waals surface area (Å²) in [6.07, 6.45) is 1.88. The number of hydrogen-bond acceptors (Lipinski definition) is 0. The van der Waals surface area contributed by atoms with Gasteiger partial charge in [-0.15, -0.1) is 0 Å². The average Bonchev–Trinajstić information content (AvgIpc) is 2.28. The maximum Gasteiger partial charge on any atom is 0.0661 e. The fourth-order valence-corrected chi connectivity index (χ4v) is 1.78. The van der Waals surface area contributed by atoms with E-state index in [9.17, 15) is 0 Å². The van der Waals surface area contributed by atoms with Gasteiger partial charge in [-0.3, -0.25) is 0 Å². The Balaban J connectivity index is 2.90. The fourth-order valence-electron chi connectivity index (χ4n) is 1.31. The summed E-state index contributed by atoms with van der Waals surface area (Å²) in [7, 11) is 1.95. The summed E-state index contributed by atoms with van der Waals surface area (Å²) in [5.41, 5.74) is 1.06. The number of hydrogen-bond donors (Lipinski definition) is 0. The molecule has 0 atom stereocenters. The van der Waals surface area contributed by atoms with Crippen LogP contribution in [0.4, 0.5) is 0 Å². The van der Waals surface area contributed by atoms with E-state index < -0.39 is 0 Å². The molecule has 1 nitrogen and oxygen atoms in total. The molecule has 0 amide bonds. The number of halogens is 2. The van der Waals surface area contributed by atoms with Crippen LogP contribution in [0, 0.1) is 0 Å². The first-order valence-electron chi connectivity index (χ1n) is 3.58. The molecule has 3 heteroatoms. The van der Waals surface area contributed by atoms with Crippen molar-refractivity contribution in [2.75, 3.05) is 0 Å². The molecular formula is C9H7Cl2N. The molecule has 2 rings (SSSR count). The second-order valence-corrected chi connectivity index (χ2v) is 3.59. The van der Waals surface area contributed by atoms with Crippen LogP contribution in [-0.2, 0) is 7.05 Å². The molecule has 0 fully saturated rings. The Morgan fingerprint density at radius 1 is 1.25 bits per heavy atom. The first-order chi connectivity index (χ1) is 5.68. The largest absolute Gasteiger partial charge is 0.349 e. The third-order valence-electron chi connectivity index (χ3n) is 1.90. The van der Waals surface area contributed by atoms with Crippen molar-refractivity contribution < 1.29 is 0 Å². The van der Waals surface area contributed by atoms with Crippen LogP contribution in [0.1, 0.15) is 0 Å². The molecule has 0 saturated carbocycles. The van der Waals surface area contributed by atoms with E-state index in [0.29, 0.717) is 0 Å². The fraction of sp³-hybridized carbons (Fsp3) is 0.111. The standard InChI is InChI=1S/C9H7Cl2N/c1-12-5-8(11)7-3-2-6(10)4-9(7)12/h2-5H,1H3. The molecule has 0 bridgehead atoms. The zero-order chi connectivity index (χ0) is 8.72. The van der Waals surface area contributed by atoms with E-state index >= 15 is 0 Å². The van der Waals surface area contributed by atoms with Gasteiger partial charge in [-0.25, -0.2) is 0 Å². The Kier molecular flexibility index (Phi) is 1.78. The minimum absolute atomic E-state index is 0.736. The lowest BCUT2D eigenvalue weighted by Gasteiger charge is -1.95. The molecule has 1 aromatic carbocycles. The molecule has 0 spiro atoms. The van der Waals surface area contributed by atoms with Crippen molar-refractivity contribution in [3.05, 3.63) is 34.4 Å². The van der Waals surface area contributed by atoms with Gasteiger partial charge in [-0.05, 0) is 18.2 Å². The molecule has 0 N–H and O–H groups in total. The van der Waals surface area contributed by atoms with Crippen molar-refractivity contribution in [2.24, 2.45) is 7.05 Å². The number of nitrogens with zero attached hydrogens (tertiary/aromatic N) is 1. The van der Waals surface area contributed by atoms with Crippen molar-refractivity contribution in [3.8, 4) is 0 Å². The summed E-state index contributed by atoms with van der Waals surface area (Å²) in [5.74, 6) is 0. The summed E-state index contributed by atoms with van der Waals surface area (Å²) in [6.45, 7) is 0. The summed E-state index contributed by atoms with van der Waals surface area (Å²) in [5, 5.41) is 2.55. The number of benzene rings is 1. The minimum atomic E-state index is 0.736. The van der Waals surface area contributed by atoms with Gasteiger partial charge in [0.15, 0.2) is 0 Å². The summed E-state index contributed by atoms with van der Waals surface area (Å²) >= 11 is 11.8. The number of fused-ring (bicyclic) bond motifs is 1. The van der Waals surface area contributed by atoms with Gasteiger partial charge in [-0.1, -0.05) is 23.2 Å². The molecule has 0 radical (unpaired) electrons. The van der Waals surface area contributed by atoms with Crippen LogP contribution < -0.4 is 0 Å². The molecule has 1 aromatic heterocycles. The van der Waals surface area contributed by atoms with Crippen molar-refractivity contribution in [2.45, 2.75) is 0 Å². The number of aryl methyl sites for hydroxylation is 1. The lowest BCUT2D eigenvalue weighted by Crippen LogP contribution is -1.82. The third kappa shape index (κ3) is 1.10. The van der Waals surface area contributed by atoms with Crippen molar-refractivity contribution in [1.82, 2.24) is 4.57 Å². The Morgan fingerprint density at radius 2 is 2.00 bits per heavy atom. The van der Waals surface area contributed by atoms with Crippen LogP contribution in [0.5, 0.6) is 0 Å². The first-order valence-corrected chi connectivity index (χ1v) is 4.34. The van der Waals surface area contributed by atoms with Gasteiger partial charge in [0.2, 0.25) is 0 Å².